The molecule has 0 saturated carbocycles. The number of aromatic nitrogens is 2. The molecule has 5 nitrogen and oxygen atoms in total. The van der Waals surface area contributed by atoms with Crippen molar-refractivity contribution in [3.8, 4) is 0 Å². The number of aryl methyl sites for hydroxylation is 1. The second-order valence-electron chi connectivity index (χ2n) is 6.10. The lowest BCUT2D eigenvalue weighted by atomic mass is 9.96. The molecule has 1 saturated heterocycles. The van der Waals surface area contributed by atoms with Gasteiger partial charge in [-0.15, -0.1) is 0 Å². The van der Waals surface area contributed by atoms with Crippen molar-refractivity contribution in [3.63, 3.8) is 0 Å². The molecule has 2 aromatic heterocycles. The van der Waals surface area contributed by atoms with Gasteiger partial charge in [0.25, 0.3) is 0 Å². The van der Waals surface area contributed by atoms with Gasteiger partial charge in [0.05, 0.1) is 16.5 Å². The second kappa shape index (κ2) is 5.10. The van der Waals surface area contributed by atoms with Gasteiger partial charge in [-0.25, -0.2) is 12.7 Å². The van der Waals surface area contributed by atoms with Crippen LogP contribution in [0.4, 0.5) is 0 Å². The number of sulfonamides is 1. The first kappa shape index (κ1) is 14.5. The first-order valence-corrected chi connectivity index (χ1v) is 8.78. The number of rotatable bonds is 4. The van der Waals surface area contributed by atoms with Crippen LogP contribution in [0, 0.1) is 5.92 Å². The first-order chi connectivity index (χ1) is 9.89. The normalized spacial score (nSPS) is 17.5. The minimum absolute atomic E-state index is 0.340. The van der Waals surface area contributed by atoms with Crippen molar-refractivity contribution in [2.24, 2.45) is 13.0 Å². The smallest absolute Gasteiger partial charge is 0.216 e. The van der Waals surface area contributed by atoms with Crippen LogP contribution in [0.5, 0.6) is 0 Å². The largest absolute Gasteiger partial charge is 0.349 e. The molecule has 0 radical (unpaired) electrons. The molecular weight excluding hydrogens is 286 g/mol. The van der Waals surface area contributed by atoms with Gasteiger partial charge in [0.1, 0.15) is 0 Å². The Kier molecular flexibility index (Phi) is 3.53. The Hall–Kier alpha value is -1.40. The maximum absolute atomic E-state index is 12.0. The first-order valence-electron chi connectivity index (χ1n) is 7.27. The van der Waals surface area contributed by atoms with Crippen molar-refractivity contribution in [3.05, 3.63) is 30.2 Å². The summed E-state index contributed by atoms with van der Waals surface area (Å²) in [5, 5.41) is 0.848. The summed E-state index contributed by atoms with van der Waals surface area (Å²) in [6.45, 7) is 4.69. The lowest BCUT2D eigenvalue weighted by Crippen LogP contribution is -2.52. The highest BCUT2D eigenvalue weighted by molar-refractivity contribution is 7.89. The third-order valence-corrected chi connectivity index (χ3v) is 6.43. The molecule has 0 aromatic carbocycles. The Labute approximate surface area is 125 Å². The van der Waals surface area contributed by atoms with E-state index in [0.29, 0.717) is 19.0 Å². The molecule has 114 valence electrons. The minimum Gasteiger partial charge on any atom is -0.349 e. The summed E-state index contributed by atoms with van der Waals surface area (Å²) in [6, 6.07) is 4.09. The van der Waals surface area contributed by atoms with Gasteiger partial charge in [0.2, 0.25) is 10.0 Å². The van der Waals surface area contributed by atoms with Crippen molar-refractivity contribution in [2.45, 2.75) is 25.5 Å². The van der Waals surface area contributed by atoms with Gasteiger partial charge in [-0.3, -0.25) is 4.98 Å². The summed E-state index contributed by atoms with van der Waals surface area (Å²) < 4.78 is 27.8. The van der Waals surface area contributed by atoms with Gasteiger partial charge >= 0.3 is 0 Å². The topological polar surface area (TPSA) is 55.2 Å². The van der Waals surface area contributed by atoms with Crippen LogP contribution in [0.15, 0.2) is 24.5 Å². The van der Waals surface area contributed by atoms with E-state index >= 15 is 0 Å². The molecule has 3 heterocycles. The summed E-state index contributed by atoms with van der Waals surface area (Å²) in [5.74, 6) is 0.367. The maximum atomic E-state index is 12.0. The Morgan fingerprint density at radius 1 is 1.33 bits per heavy atom. The summed E-state index contributed by atoms with van der Waals surface area (Å²) in [4.78, 5) is 4.50. The van der Waals surface area contributed by atoms with Crippen LogP contribution >= 0.6 is 0 Å². The van der Waals surface area contributed by atoms with E-state index in [9.17, 15) is 8.42 Å². The number of fused-ring (bicyclic) bond motifs is 1. The monoisotopic (exact) mass is 307 g/mol. The van der Waals surface area contributed by atoms with Gasteiger partial charge in [-0.05, 0) is 38.3 Å². The maximum Gasteiger partial charge on any atom is 0.216 e. The van der Waals surface area contributed by atoms with E-state index < -0.39 is 10.0 Å². The third-order valence-electron chi connectivity index (χ3n) is 4.22. The molecule has 0 amide bonds. The lowest BCUT2D eigenvalue weighted by molar-refractivity contribution is 0.198. The van der Waals surface area contributed by atoms with E-state index in [1.54, 1.807) is 18.2 Å². The lowest BCUT2D eigenvalue weighted by Gasteiger charge is -2.39. The van der Waals surface area contributed by atoms with Crippen LogP contribution in [-0.2, 0) is 23.5 Å². The van der Waals surface area contributed by atoms with E-state index in [1.165, 1.54) is 5.39 Å². The molecule has 0 atom stereocenters. The molecule has 0 N–H and O–H groups in total. The van der Waals surface area contributed by atoms with Gasteiger partial charge in [0, 0.05) is 37.9 Å². The fourth-order valence-electron chi connectivity index (χ4n) is 2.90. The average molecular weight is 307 g/mol. The molecule has 1 fully saturated rings. The second-order valence-corrected chi connectivity index (χ2v) is 8.59. The molecule has 0 spiro atoms. The molecule has 2 aromatic rings. The zero-order chi connectivity index (χ0) is 15.2. The van der Waals surface area contributed by atoms with Crippen molar-refractivity contribution < 1.29 is 8.42 Å². The average Bonchev–Trinajstić information content (AvgIpc) is 2.75. The predicted molar refractivity (Wildman–Crippen MR) is 83.5 cm³/mol. The SMILES string of the molecule is CC(C)S(=O)(=O)N1CC(Cc2nccc3ccn(C)c23)C1. The summed E-state index contributed by atoms with van der Waals surface area (Å²) in [5.41, 5.74) is 2.22. The predicted octanol–water partition coefficient (Wildman–Crippen LogP) is 1.79. The zero-order valence-corrected chi connectivity index (χ0v) is 13.5. The Balaban J connectivity index is 1.73. The number of pyridine rings is 1. The Morgan fingerprint density at radius 3 is 2.71 bits per heavy atom. The molecular formula is C15H21N3O2S. The highest BCUT2D eigenvalue weighted by Crippen LogP contribution is 2.27. The molecule has 1 aliphatic rings. The van der Waals surface area contributed by atoms with Crippen LogP contribution in [0.25, 0.3) is 10.9 Å². The fraction of sp³-hybridized carbons (Fsp3) is 0.533. The standard InChI is InChI=1S/C15H21N3O2S/c1-11(2)21(19,20)18-9-12(10-18)8-14-15-13(4-6-16-14)5-7-17(15)3/h4-7,11-12H,8-10H2,1-3H3. The van der Waals surface area contributed by atoms with Crippen molar-refractivity contribution in [1.82, 2.24) is 13.9 Å². The number of hydrogen-bond donors (Lipinski definition) is 0. The zero-order valence-electron chi connectivity index (χ0n) is 12.7. The van der Waals surface area contributed by atoms with E-state index in [0.717, 1.165) is 17.6 Å². The van der Waals surface area contributed by atoms with Gasteiger partial charge < -0.3 is 4.57 Å². The molecule has 0 bridgehead atoms. The van der Waals surface area contributed by atoms with Crippen molar-refractivity contribution in [2.75, 3.05) is 13.1 Å². The number of nitrogens with zero attached hydrogens (tertiary/aromatic N) is 3. The highest BCUT2D eigenvalue weighted by atomic mass is 32.2. The fourth-order valence-corrected chi connectivity index (χ4v) is 4.34. The molecule has 6 heteroatoms. The highest BCUT2D eigenvalue weighted by Gasteiger charge is 2.37. The number of hydrogen-bond acceptors (Lipinski definition) is 3. The molecule has 3 rings (SSSR count). The Bertz CT molecular complexity index is 758. The van der Waals surface area contributed by atoms with Crippen LogP contribution in [0.3, 0.4) is 0 Å². The summed E-state index contributed by atoms with van der Waals surface area (Å²) in [7, 11) is -1.08. The third kappa shape index (κ3) is 2.46. The van der Waals surface area contributed by atoms with Crippen LogP contribution in [0.1, 0.15) is 19.5 Å². The minimum atomic E-state index is -3.10. The molecule has 0 unspecified atom stereocenters. The quantitative estimate of drug-likeness (QED) is 0.865. The van der Waals surface area contributed by atoms with Gasteiger partial charge in [0.15, 0.2) is 0 Å². The van der Waals surface area contributed by atoms with E-state index in [4.69, 9.17) is 0 Å². The van der Waals surface area contributed by atoms with Gasteiger partial charge in [-0.2, -0.15) is 0 Å². The van der Waals surface area contributed by atoms with Gasteiger partial charge in [-0.1, -0.05) is 0 Å². The summed E-state index contributed by atoms with van der Waals surface area (Å²) in [6.07, 6.45) is 4.70. The van der Waals surface area contributed by atoms with E-state index in [2.05, 4.69) is 15.6 Å². The van der Waals surface area contributed by atoms with E-state index in [-0.39, 0.29) is 5.25 Å². The Morgan fingerprint density at radius 2 is 2.05 bits per heavy atom. The van der Waals surface area contributed by atoms with Crippen molar-refractivity contribution >= 4 is 20.9 Å². The molecule has 0 aliphatic carbocycles. The van der Waals surface area contributed by atoms with Crippen LogP contribution in [-0.4, -0.2) is 40.6 Å². The van der Waals surface area contributed by atoms with Crippen LogP contribution in [0.2, 0.25) is 0 Å². The van der Waals surface area contributed by atoms with Crippen LogP contribution < -0.4 is 0 Å². The van der Waals surface area contributed by atoms with E-state index in [1.807, 2.05) is 25.5 Å². The molecule has 21 heavy (non-hydrogen) atoms. The molecule has 1 aliphatic heterocycles. The van der Waals surface area contributed by atoms with Crippen molar-refractivity contribution in [1.29, 1.82) is 0 Å². The summed E-state index contributed by atoms with van der Waals surface area (Å²) >= 11 is 0.